The summed E-state index contributed by atoms with van der Waals surface area (Å²) >= 11 is 0. The van der Waals surface area contributed by atoms with Crippen molar-refractivity contribution in [2.24, 2.45) is 4.99 Å². The largest absolute Gasteiger partial charge is 0.492 e. The van der Waals surface area contributed by atoms with Gasteiger partial charge in [-0.2, -0.15) is 13.2 Å². The van der Waals surface area contributed by atoms with Gasteiger partial charge in [0, 0.05) is 45.8 Å². The monoisotopic (exact) mass is 539 g/mol. The van der Waals surface area contributed by atoms with Crippen LogP contribution in [0.4, 0.5) is 13.2 Å². The molecule has 0 saturated carbocycles. The minimum absolute atomic E-state index is 0. The molecular formula is C19H25F3IN5O2. The Kier molecular flexibility index (Phi) is 9.21. The van der Waals surface area contributed by atoms with Gasteiger partial charge in [-0.25, -0.2) is 0 Å². The second-order valence-corrected chi connectivity index (χ2v) is 6.60. The molecule has 0 atom stereocenters. The SMILES string of the molecule is CN=C(NCCOc1cccc(C(F)(F)F)c1)N1CCN(Cc2ccon2)CC1.I. The standard InChI is InChI=1S/C19H24F3N5O2.HI/c1-23-18(27-9-7-26(8-10-27)14-16-5-11-29-25-16)24-6-12-28-17-4-2-3-15(13-17)19(20,21)22;/h2-5,11,13H,6-10,12,14H2,1H3,(H,23,24);1H. The number of benzene rings is 1. The second kappa shape index (κ2) is 11.4. The van der Waals surface area contributed by atoms with E-state index in [2.05, 4.69) is 25.3 Å². The number of rotatable bonds is 6. The van der Waals surface area contributed by atoms with Gasteiger partial charge in [-0.3, -0.25) is 9.89 Å². The van der Waals surface area contributed by atoms with E-state index in [4.69, 9.17) is 9.26 Å². The summed E-state index contributed by atoms with van der Waals surface area (Å²) in [5.74, 6) is 0.941. The van der Waals surface area contributed by atoms with Crippen LogP contribution in [0.5, 0.6) is 5.75 Å². The van der Waals surface area contributed by atoms with Gasteiger partial charge in [0.1, 0.15) is 18.6 Å². The zero-order chi connectivity index (χ0) is 20.7. The van der Waals surface area contributed by atoms with Gasteiger partial charge >= 0.3 is 6.18 Å². The zero-order valence-corrected chi connectivity index (χ0v) is 18.9. The van der Waals surface area contributed by atoms with E-state index in [-0.39, 0.29) is 36.3 Å². The maximum absolute atomic E-state index is 12.7. The molecule has 1 aliphatic heterocycles. The average Bonchev–Trinajstić information content (AvgIpc) is 3.22. The summed E-state index contributed by atoms with van der Waals surface area (Å²) in [4.78, 5) is 8.72. The Labute approximate surface area is 190 Å². The van der Waals surface area contributed by atoms with Crippen molar-refractivity contribution in [1.29, 1.82) is 0 Å². The Bertz CT molecular complexity index is 794. The molecular weight excluding hydrogens is 514 g/mol. The third-order valence-corrected chi connectivity index (χ3v) is 4.58. The molecule has 1 aromatic carbocycles. The van der Waals surface area contributed by atoms with E-state index in [1.54, 1.807) is 13.3 Å². The topological polar surface area (TPSA) is 66.1 Å². The number of piperazine rings is 1. The molecule has 1 aliphatic rings. The molecule has 7 nitrogen and oxygen atoms in total. The molecule has 0 aliphatic carbocycles. The molecule has 30 heavy (non-hydrogen) atoms. The van der Waals surface area contributed by atoms with Crippen LogP contribution in [0.15, 0.2) is 46.1 Å². The first-order chi connectivity index (χ1) is 14.0. The normalized spacial score (nSPS) is 15.6. The number of ether oxygens (including phenoxy) is 1. The summed E-state index contributed by atoms with van der Waals surface area (Å²) in [6.07, 6.45) is -2.81. The van der Waals surface area contributed by atoms with Crippen LogP contribution in [0, 0.1) is 0 Å². The number of alkyl halides is 3. The number of aliphatic imine (C=N–C) groups is 1. The summed E-state index contributed by atoms with van der Waals surface area (Å²) < 4.78 is 48.5. The predicted octanol–water partition coefficient (Wildman–Crippen LogP) is 3.08. The zero-order valence-electron chi connectivity index (χ0n) is 16.6. The van der Waals surface area contributed by atoms with Crippen LogP contribution in [0.25, 0.3) is 0 Å². The number of hydrogen-bond donors (Lipinski definition) is 1. The van der Waals surface area contributed by atoms with Gasteiger partial charge < -0.3 is 19.5 Å². The van der Waals surface area contributed by atoms with Crippen LogP contribution in [0.3, 0.4) is 0 Å². The van der Waals surface area contributed by atoms with Crippen molar-refractivity contribution >= 4 is 29.9 Å². The molecule has 1 fully saturated rings. The lowest BCUT2D eigenvalue weighted by molar-refractivity contribution is -0.137. The minimum Gasteiger partial charge on any atom is -0.492 e. The molecule has 2 aromatic rings. The smallest absolute Gasteiger partial charge is 0.416 e. The van der Waals surface area contributed by atoms with Gasteiger partial charge in [-0.1, -0.05) is 11.2 Å². The molecule has 0 spiro atoms. The lowest BCUT2D eigenvalue weighted by atomic mass is 10.2. The highest BCUT2D eigenvalue weighted by Gasteiger charge is 2.30. The average molecular weight is 539 g/mol. The number of nitrogens with zero attached hydrogens (tertiary/aromatic N) is 4. The van der Waals surface area contributed by atoms with E-state index < -0.39 is 11.7 Å². The first-order valence-corrected chi connectivity index (χ1v) is 9.33. The maximum Gasteiger partial charge on any atom is 0.416 e. The molecule has 0 bridgehead atoms. The maximum atomic E-state index is 12.7. The van der Waals surface area contributed by atoms with E-state index in [0.29, 0.717) is 6.54 Å². The highest BCUT2D eigenvalue weighted by molar-refractivity contribution is 14.0. The summed E-state index contributed by atoms with van der Waals surface area (Å²) in [6.45, 7) is 4.77. The van der Waals surface area contributed by atoms with Crippen LogP contribution in [-0.2, 0) is 12.7 Å². The van der Waals surface area contributed by atoms with E-state index in [9.17, 15) is 13.2 Å². The Balaban J connectivity index is 0.00000320. The van der Waals surface area contributed by atoms with E-state index in [1.807, 2.05) is 6.07 Å². The van der Waals surface area contributed by atoms with E-state index >= 15 is 0 Å². The van der Waals surface area contributed by atoms with Gasteiger partial charge in [0.2, 0.25) is 0 Å². The molecule has 166 valence electrons. The van der Waals surface area contributed by atoms with E-state index in [1.165, 1.54) is 12.1 Å². The fourth-order valence-corrected chi connectivity index (χ4v) is 3.09. The third kappa shape index (κ3) is 7.04. The van der Waals surface area contributed by atoms with Crippen molar-refractivity contribution < 1.29 is 22.4 Å². The fourth-order valence-electron chi connectivity index (χ4n) is 3.09. The summed E-state index contributed by atoms with van der Waals surface area (Å²) in [7, 11) is 1.71. The predicted molar refractivity (Wildman–Crippen MR) is 117 cm³/mol. The van der Waals surface area contributed by atoms with Crippen LogP contribution in [0.1, 0.15) is 11.3 Å². The van der Waals surface area contributed by atoms with Crippen LogP contribution in [0.2, 0.25) is 0 Å². The molecule has 3 rings (SSSR count). The summed E-state index contributed by atoms with van der Waals surface area (Å²) in [5, 5.41) is 7.13. The van der Waals surface area contributed by atoms with Crippen LogP contribution in [-0.4, -0.2) is 67.3 Å². The lowest BCUT2D eigenvalue weighted by Gasteiger charge is -2.36. The van der Waals surface area contributed by atoms with Gasteiger partial charge in [-0.15, -0.1) is 24.0 Å². The second-order valence-electron chi connectivity index (χ2n) is 6.60. The molecule has 1 aromatic heterocycles. The van der Waals surface area contributed by atoms with Crippen LogP contribution >= 0.6 is 24.0 Å². The number of halogens is 4. The number of hydrogen-bond acceptors (Lipinski definition) is 5. The molecule has 1 saturated heterocycles. The van der Waals surface area contributed by atoms with Crippen molar-refractivity contribution in [3.05, 3.63) is 47.9 Å². The quantitative estimate of drug-likeness (QED) is 0.264. The summed E-state index contributed by atoms with van der Waals surface area (Å²) in [6, 6.07) is 6.73. The summed E-state index contributed by atoms with van der Waals surface area (Å²) in [5.41, 5.74) is 0.190. The molecule has 0 amide bonds. The Morgan fingerprint density at radius 2 is 2.00 bits per heavy atom. The van der Waals surface area contributed by atoms with Crippen molar-refractivity contribution in [1.82, 2.24) is 20.3 Å². The van der Waals surface area contributed by atoms with E-state index in [0.717, 1.165) is 56.5 Å². The third-order valence-electron chi connectivity index (χ3n) is 4.58. The fraction of sp³-hybridized carbons (Fsp3) is 0.474. The number of nitrogens with one attached hydrogen (secondary N) is 1. The highest BCUT2D eigenvalue weighted by Crippen LogP contribution is 2.31. The first kappa shape index (κ1) is 24.3. The van der Waals surface area contributed by atoms with Crippen molar-refractivity contribution in [3.63, 3.8) is 0 Å². The lowest BCUT2D eigenvalue weighted by Crippen LogP contribution is -2.52. The minimum atomic E-state index is -4.38. The molecule has 1 N–H and O–H groups in total. The molecule has 11 heteroatoms. The van der Waals surface area contributed by atoms with Gasteiger partial charge in [0.15, 0.2) is 5.96 Å². The Morgan fingerprint density at radius 1 is 1.23 bits per heavy atom. The number of aromatic nitrogens is 1. The molecule has 2 heterocycles. The Hall–Kier alpha value is -2.02. The highest BCUT2D eigenvalue weighted by atomic mass is 127. The van der Waals surface area contributed by atoms with Crippen molar-refractivity contribution in [2.45, 2.75) is 12.7 Å². The first-order valence-electron chi connectivity index (χ1n) is 9.33. The number of guanidine groups is 1. The van der Waals surface area contributed by atoms with Gasteiger partial charge in [-0.05, 0) is 18.2 Å². The van der Waals surface area contributed by atoms with Gasteiger partial charge in [0.05, 0.1) is 17.8 Å². The van der Waals surface area contributed by atoms with Crippen molar-refractivity contribution in [3.8, 4) is 5.75 Å². The molecule has 0 unspecified atom stereocenters. The molecule has 0 radical (unpaired) electrons. The Morgan fingerprint density at radius 3 is 2.63 bits per heavy atom. The van der Waals surface area contributed by atoms with Crippen LogP contribution < -0.4 is 10.1 Å². The van der Waals surface area contributed by atoms with Crippen molar-refractivity contribution in [2.75, 3.05) is 46.4 Å². The van der Waals surface area contributed by atoms with Gasteiger partial charge in [0.25, 0.3) is 0 Å².